The Morgan fingerprint density at radius 3 is 2.59 bits per heavy atom. The summed E-state index contributed by atoms with van der Waals surface area (Å²) in [5, 5.41) is 4.01. The van der Waals surface area contributed by atoms with E-state index in [9.17, 15) is 4.79 Å². The minimum absolute atomic E-state index is 0.0662. The maximum Gasteiger partial charge on any atom is 0.252 e. The molecular formula is C25H23N3O. The van der Waals surface area contributed by atoms with E-state index in [-0.39, 0.29) is 11.9 Å². The second-order valence-electron chi connectivity index (χ2n) is 7.21. The molecule has 29 heavy (non-hydrogen) atoms. The van der Waals surface area contributed by atoms with Crippen LogP contribution in [0.1, 0.15) is 29.3 Å². The van der Waals surface area contributed by atoms with Gasteiger partial charge < -0.3 is 5.32 Å². The Labute approximate surface area is 170 Å². The molecule has 4 heteroatoms. The van der Waals surface area contributed by atoms with Crippen LogP contribution in [0, 0.1) is 0 Å². The van der Waals surface area contributed by atoms with Crippen LogP contribution >= 0.6 is 0 Å². The maximum atomic E-state index is 13.1. The van der Waals surface area contributed by atoms with E-state index >= 15 is 0 Å². The summed E-state index contributed by atoms with van der Waals surface area (Å²) < 4.78 is 0. The Morgan fingerprint density at radius 2 is 1.79 bits per heavy atom. The van der Waals surface area contributed by atoms with Gasteiger partial charge in [-0.2, -0.15) is 0 Å². The highest BCUT2D eigenvalue weighted by molar-refractivity contribution is 6.07. The summed E-state index contributed by atoms with van der Waals surface area (Å²) in [5.41, 5.74) is 4.36. The molecule has 2 heterocycles. The van der Waals surface area contributed by atoms with Gasteiger partial charge in [-0.1, -0.05) is 48.5 Å². The Bertz CT molecular complexity index is 1110. The number of carbonyl (C=O) groups excluding carboxylic acids is 1. The van der Waals surface area contributed by atoms with Crippen molar-refractivity contribution in [2.45, 2.75) is 25.8 Å². The number of amides is 1. The van der Waals surface area contributed by atoms with Gasteiger partial charge in [0.1, 0.15) is 0 Å². The van der Waals surface area contributed by atoms with Gasteiger partial charge in [-0.05, 0) is 49.6 Å². The van der Waals surface area contributed by atoms with Gasteiger partial charge >= 0.3 is 0 Å². The SMILES string of the molecule is C[C@H](CCc1ccccc1)NC(=O)c1cc(-c2cccnc2)nc2ccccc12. The van der Waals surface area contributed by atoms with Crippen molar-refractivity contribution in [1.82, 2.24) is 15.3 Å². The smallest absolute Gasteiger partial charge is 0.252 e. The Hall–Kier alpha value is -3.53. The van der Waals surface area contributed by atoms with Crippen molar-refractivity contribution in [3.63, 3.8) is 0 Å². The van der Waals surface area contributed by atoms with Crippen LogP contribution in [-0.2, 0) is 6.42 Å². The lowest BCUT2D eigenvalue weighted by Gasteiger charge is -2.16. The molecule has 0 aliphatic rings. The van der Waals surface area contributed by atoms with E-state index < -0.39 is 0 Å². The fourth-order valence-corrected chi connectivity index (χ4v) is 3.43. The number of nitrogens with one attached hydrogen (secondary N) is 1. The van der Waals surface area contributed by atoms with Gasteiger partial charge in [0.25, 0.3) is 5.91 Å². The highest BCUT2D eigenvalue weighted by Gasteiger charge is 2.16. The number of carbonyl (C=O) groups is 1. The van der Waals surface area contributed by atoms with Crippen LogP contribution in [0.3, 0.4) is 0 Å². The van der Waals surface area contributed by atoms with Crippen LogP contribution in [-0.4, -0.2) is 21.9 Å². The number of pyridine rings is 2. The normalized spacial score (nSPS) is 11.9. The summed E-state index contributed by atoms with van der Waals surface area (Å²) in [5.74, 6) is -0.0747. The number of rotatable bonds is 6. The topological polar surface area (TPSA) is 54.9 Å². The molecule has 1 N–H and O–H groups in total. The first-order valence-electron chi connectivity index (χ1n) is 9.85. The van der Waals surface area contributed by atoms with Gasteiger partial charge in [0, 0.05) is 29.4 Å². The molecule has 0 radical (unpaired) electrons. The lowest BCUT2D eigenvalue weighted by Crippen LogP contribution is -2.33. The molecule has 0 aliphatic carbocycles. The second kappa shape index (κ2) is 8.65. The molecule has 4 aromatic rings. The first kappa shape index (κ1) is 18.8. The van der Waals surface area contributed by atoms with Crippen molar-refractivity contribution in [3.8, 4) is 11.3 Å². The molecule has 1 amide bonds. The van der Waals surface area contributed by atoms with Crippen LogP contribution in [0.25, 0.3) is 22.2 Å². The molecule has 0 spiro atoms. The number of aryl methyl sites for hydroxylation is 1. The first-order valence-corrected chi connectivity index (χ1v) is 9.85. The lowest BCUT2D eigenvalue weighted by atomic mass is 10.0. The molecule has 1 atom stereocenters. The van der Waals surface area contributed by atoms with Crippen LogP contribution in [0.2, 0.25) is 0 Å². The summed E-state index contributed by atoms with van der Waals surface area (Å²) in [6.45, 7) is 2.05. The Kier molecular flexibility index (Phi) is 5.61. The highest BCUT2D eigenvalue weighted by atomic mass is 16.1. The van der Waals surface area contributed by atoms with Crippen LogP contribution in [0.5, 0.6) is 0 Å². The Morgan fingerprint density at radius 1 is 1.00 bits per heavy atom. The van der Waals surface area contributed by atoms with Crippen LogP contribution in [0.15, 0.2) is 85.2 Å². The molecule has 2 aromatic heterocycles. The minimum Gasteiger partial charge on any atom is -0.350 e. The number of hydrogen-bond acceptors (Lipinski definition) is 3. The molecule has 4 rings (SSSR count). The molecule has 0 bridgehead atoms. The van der Waals surface area contributed by atoms with Crippen LogP contribution in [0.4, 0.5) is 0 Å². The van der Waals surface area contributed by atoms with Gasteiger partial charge in [0.15, 0.2) is 0 Å². The fraction of sp³-hybridized carbons (Fsp3) is 0.160. The molecule has 2 aromatic carbocycles. The minimum atomic E-state index is -0.0747. The molecule has 144 valence electrons. The maximum absolute atomic E-state index is 13.1. The van der Waals surface area contributed by atoms with Gasteiger partial charge in [-0.3, -0.25) is 9.78 Å². The van der Waals surface area contributed by atoms with E-state index in [1.165, 1.54) is 5.56 Å². The molecular weight excluding hydrogens is 358 g/mol. The molecule has 0 unspecified atom stereocenters. The van der Waals surface area contributed by atoms with E-state index in [4.69, 9.17) is 4.98 Å². The average Bonchev–Trinajstić information content (AvgIpc) is 2.78. The standard InChI is InChI=1S/C25H23N3O/c1-18(13-14-19-8-3-2-4-9-19)27-25(29)22-16-24(20-10-7-15-26-17-20)28-23-12-6-5-11-21(22)23/h2-12,15-18H,13-14H2,1H3,(H,27,29)/t18-/m1/s1. The zero-order chi connectivity index (χ0) is 20.1. The molecule has 0 saturated carbocycles. The zero-order valence-corrected chi connectivity index (χ0v) is 16.4. The second-order valence-corrected chi connectivity index (χ2v) is 7.21. The number of para-hydroxylation sites is 1. The van der Waals surface area contributed by atoms with Crippen LogP contribution < -0.4 is 5.32 Å². The van der Waals surface area contributed by atoms with E-state index in [0.29, 0.717) is 5.56 Å². The summed E-state index contributed by atoms with van der Waals surface area (Å²) in [6.07, 6.45) is 5.31. The van der Waals surface area contributed by atoms with E-state index in [1.54, 1.807) is 12.4 Å². The number of benzene rings is 2. The van der Waals surface area contributed by atoms with E-state index in [0.717, 1.165) is 35.0 Å². The third kappa shape index (κ3) is 4.49. The van der Waals surface area contributed by atoms with Crippen molar-refractivity contribution in [3.05, 3.63) is 96.3 Å². The molecule has 0 saturated heterocycles. The van der Waals surface area contributed by atoms with Gasteiger partial charge in [0.05, 0.1) is 16.8 Å². The average molecular weight is 381 g/mol. The summed E-state index contributed by atoms with van der Waals surface area (Å²) in [4.78, 5) is 22.0. The molecule has 0 fully saturated rings. The van der Waals surface area contributed by atoms with Gasteiger partial charge in [-0.15, -0.1) is 0 Å². The monoisotopic (exact) mass is 381 g/mol. The highest BCUT2D eigenvalue weighted by Crippen LogP contribution is 2.24. The first-order chi connectivity index (χ1) is 14.2. The predicted octanol–water partition coefficient (Wildman–Crippen LogP) is 5.05. The third-order valence-electron chi connectivity index (χ3n) is 5.00. The molecule has 4 nitrogen and oxygen atoms in total. The van der Waals surface area contributed by atoms with Crippen molar-refractivity contribution in [2.75, 3.05) is 0 Å². The summed E-state index contributed by atoms with van der Waals surface area (Å²) in [7, 11) is 0. The Balaban J connectivity index is 1.58. The quantitative estimate of drug-likeness (QED) is 0.509. The largest absolute Gasteiger partial charge is 0.350 e. The summed E-state index contributed by atoms with van der Waals surface area (Å²) >= 11 is 0. The van der Waals surface area contributed by atoms with Crippen molar-refractivity contribution < 1.29 is 4.79 Å². The number of hydrogen-bond donors (Lipinski definition) is 1. The fourth-order valence-electron chi connectivity index (χ4n) is 3.43. The van der Waals surface area contributed by atoms with Crippen molar-refractivity contribution in [2.24, 2.45) is 0 Å². The van der Waals surface area contributed by atoms with E-state index in [1.807, 2.05) is 67.6 Å². The van der Waals surface area contributed by atoms with Gasteiger partial charge in [-0.25, -0.2) is 4.98 Å². The summed E-state index contributed by atoms with van der Waals surface area (Å²) in [6, 6.07) is 23.8. The lowest BCUT2D eigenvalue weighted by molar-refractivity contribution is 0.0940. The van der Waals surface area contributed by atoms with Crippen molar-refractivity contribution in [1.29, 1.82) is 0 Å². The molecule has 0 aliphatic heterocycles. The zero-order valence-electron chi connectivity index (χ0n) is 16.4. The van der Waals surface area contributed by atoms with Gasteiger partial charge in [0.2, 0.25) is 0 Å². The number of aromatic nitrogens is 2. The van der Waals surface area contributed by atoms with E-state index in [2.05, 4.69) is 22.4 Å². The predicted molar refractivity (Wildman–Crippen MR) is 117 cm³/mol. The third-order valence-corrected chi connectivity index (χ3v) is 5.00. The number of nitrogens with zero attached hydrogens (tertiary/aromatic N) is 2. The number of fused-ring (bicyclic) bond motifs is 1. The van der Waals surface area contributed by atoms with Crippen molar-refractivity contribution >= 4 is 16.8 Å².